The van der Waals surface area contributed by atoms with Crippen molar-refractivity contribution >= 4 is 23.3 Å². The van der Waals surface area contributed by atoms with E-state index in [2.05, 4.69) is 14.9 Å². The minimum Gasteiger partial charge on any atom is -0.383 e. The van der Waals surface area contributed by atoms with E-state index in [1.165, 1.54) is 12.8 Å². The lowest BCUT2D eigenvalue weighted by atomic mass is 10.2. The van der Waals surface area contributed by atoms with Crippen LogP contribution in [0.25, 0.3) is 0 Å². The van der Waals surface area contributed by atoms with Gasteiger partial charge in [0.15, 0.2) is 0 Å². The van der Waals surface area contributed by atoms with Gasteiger partial charge in [-0.15, -0.1) is 0 Å². The number of aromatic nitrogens is 2. The molecule has 0 spiro atoms. The number of carbonyl (C=O) groups excluding carboxylic acids is 1. The van der Waals surface area contributed by atoms with Crippen LogP contribution in [0.5, 0.6) is 0 Å². The van der Waals surface area contributed by atoms with Gasteiger partial charge in [-0.1, -0.05) is 12.8 Å². The molecule has 0 aromatic carbocycles. The van der Waals surface area contributed by atoms with Gasteiger partial charge in [0.2, 0.25) is 11.2 Å². The third-order valence-corrected chi connectivity index (χ3v) is 4.62. The van der Waals surface area contributed by atoms with Crippen LogP contribution in [0.4, 0.5) is 5.82 Å². The molecule has 0 atom stereocenters. The Hall–Kier alpha value is -1.40. The van der Waals surface area contributed by atoms with Crippen molar-refractivity contribution in [2.24, 2.45) is 0 Å². The van der Waals surface area contributed by atoms with E-state index in [4.69, 9.17) is 16.3 Å². The Balaban J connectivity index is 1.92. The molecule has 3 rings (SSSR count). The van der Waals surface area contributed by atoms with Crippen LogP contribution < -0.4 is 4.90 Å². The van der Waals surface area contributed by atoms with Gasteiger partial charge in [0.1, 0.15) is 5.82 Å². The third kappa shape index (κ3) is 3.17. The van der Waals surface area contributed by atoms with E-state index in [0.717, 1.165) is 24.2 Å². The van der Waals surface area contributed by atoms with E-state index < -0.39 is 0 Å². The normalized spacial score (nSPS) is 19.5. The lowest BCUT2D eigenvalue weighted by Crippen LogP contribution is -2.42. The Morgan fingerprint density at radius 3 is 2.86 bits per heavy atom. The summed E-state index contributed by atoms with van der Waals surface area (Å²) in [5.74, 6) is 0.929. The van der Waals surface area contributed by atoms with E-state index in [9.17, 15) is 4.79 Å². The standard InChI is InChI=1S/C15H21ClN4O2/c1-22-7-6-19-9-11-8-17-15(16)18-14(11)20(10-13(19)21)12-4-2-3-5-12/h8,12H,2-7,9-10H2,1H3. The maximum absolute atomic E-state index is 12.6. The van der Waals surface area contributed by atoms with Gasteiger partial charge < -0.3 is 14.5 Å². The van der Waals surface area contributed by atoms with Gasteiger partial charge in [-0.05, 0) is 24.4 Å². The lowest BCUT2D eigenvalue weighted by Gasteiger charge is -2.29. The van der Waals surface area contributed by atoms with Crippen molar-refractivity contribution in [3.05, 3.63) is 17.0 Å². The molecule has 2 aliphatic rings. The van der Waals surface area contributed by atoms with Gasteiger partial charge in [0.25, 0.3) is 0 Å². The molecule has 0 unspecified atom stereocenters. The van der Waals surface area contributed by atoms with E-state index in [0.29, 0.717) is 32.3 Å². The number of ether oxygens (including phenoxy) is 1. The van der Waals surface area contributed by atoms with Crippen molar-refractivity contribution < 1.29 is 9.53 Å². The Bertz CT molecular complexity index is 548. The third-order valence-electron chi connectivity index (χ3n) is 4.43. The summed E-state index contributed by atoms with van der Waals surface area (Å²) in [4.78, 5) is 25.0. The second kappa shape index (κ2) is 6.79. The van der Waals surface area contributed by atoms with Gasteiger partial charge >= 0.3 is 0 Å². The number of carbonyl (C=O) groups is 1. The highest BCUT2D eigenvalue weighted by Gasteiger charge is 2.32. The summed E-state index contributed by atoms with van der Waals surface area (Å²) in [5.41, 5.74) is 0.957. The number of nitrogens with zero attached hydrogens (tertiary/aromatic N) is 4. The van der Waals surface area contributed by atoms with Crippen molar-refractivity contribution in [2.75, 3.05) is 31.7 Å². The fourth-order valence-corrected chi connectivity index (χ4v) is 3.40. The fourth-order valence-electron chi connectivity index (χ4n) is 3.27. The van der Waals surface area contributed by atoms with Crippen LogP contribution in [0.1, 0.15) is 31.2 Å². The van der Waals surface area contributed by atoms with Gasteiger partial charge in [-0.25, -0.2) is 9.97 Å². The maximum atomic E-state index is 12.6. The molecule has 22 heavy (non-hydrogen) atoms. The Kier molecular flexibility index (Phi) is 4.78. The van der Waals surface area contributed by atoms with Crippen LogP contribution in [0, 0.1) is 0 Å². The summed E-state index contributed by atoms with van der Waals surface area (Å²) in [6, 6.07) is 0.371. The molecule has 7 heteroatoms. The molecule has 1 aliphatic heterocycles. The van der Waals surface area contributed by atoms with Crippen LogP contribution in [0.3, 0.4) is 0 Å². The zero-order chi connectivity index (χ0) is 15.5. The average molecular weight is 325 g/mol. The molecule has 1 aromatic heterocycles. The highest BCUT2D eigenvalue weighted by Crippen LogP contribution is 2.31. The molecule has 2 heterocycles. The average Bonchev–Trinajstić information content (AvgIpc) is 3.00. The first-order chi connectivity index (χ1) is 10.7. The second-order valence-electron chi connectivity index (χ2n) is 5.86. The molecule has 1 aromatic rings. The first-order valence-corrected chi connectivity index (χ1v) is 8.11. The minimum absolute atomic E-state index is 0.109. The molecular weight excluding hydrogens is 304 g/mol. The molecule has 0 N–H and O–H groups in total. The summed E-state index contributed by atoms with van der Waals surface area (Å²) in [5, 5.41) is 0.236. The summed E-state index contributed by atoms with van der Waals surface area (Å²) < 4.78 is 5.11. The molecule has 0 radical (unpaired) electrons. The SMILES string of the molecule is COCCN1Cc2cnc(Cl)nc2N(C2CCCC2)CC1=O. The van der Waals surface area contributed by atoms with Crippen molar-refractivity contribution in [2.45, 2.75) is 38.3 Å². The van der Waals surface area contributed by atoms with Gasteiger partial charge in [-0.2, -0.15) is 0 Å². The van der Waals surface area contributed by atoms with Crippen molar-refractivity contribution in [3.63, 3.8) is 0 Å². The van der Waals surface area contributed by atoms with Gasteiger partial charge in [0.05, 0.1) is 19.7 Å². The minimum atomic E-state index is 0.109. The first-order valence-electron chi connectivity index (χ1n) is 7.74. The Morgan fingerprint density at radius 2 is 2.14 bits per heavy atom. The van der Waals surface area contributed by atoms with Crippen LogP contribution in [0.2, 0.25) is 5.28 Å². The summed E-state index contributed by atoms with van der Waals surface area (Å²) in [6.07, 6.45) is 6.36. The maximum Gasteiger partial charge on any atom is 0.242 e. The summed E-state index contributed by atoms with van der Waals surface area (Å²) in [6.45, 7) is 1.97. The predicted octanol–water partition coefficient (Wildman–Crippen LogP) is 1.87. The molecule has 0 saturated heterocycles. The molecular formula is C15H21ClN4O2. The second-order valence-corrected chi connectivity index (χ2v) is 6.20. The molecule has 1 aliphatic carbocycles. The largest absolute Gasteiger partial charge is 0.383 e. The van der Waals surface area contributed by atoms with Crippen molar-refractivity contribution in [1.82, 2.24) is 14.9 Å². The zero-order valence-corrected chi connectivity index (χ0v) is 13.6. The number of rotatable bonds is 4. The number of fused-ring (bicyclic) bond motifs is 1. The Morgan fingerprint density at radius 1 is 1.36 bits per heavy atom. The van der Waals surface area contributed by atoms with Crippen molar-refractivity contribution in [1.29, 1.82) is 0 Å². The Labute approximate surface area is 135 Å². The zero-order valence-electron chi connectivity index (χ0n) is 12.8. The van der Waals surface area contributed by atoms with E-state index >= 15 is 0 Å². The van der Waals surface area contributed by atoms with E-state index in [1.54, 1.807) is 13.3 Å². The monoisotopic (exact) mass is 324 g/mol. The molecule has 120 valence electrons. The molecule has 0 bridgehead atoms. The molecule has 1 amide bonds. The van der Waals surface area contributed by atoms with E-state index in [-0.39, 0.29) is 11.2 Å². The fraction of sp³-hybridized carbons (Fsp3) is 0.667. The quantitative estimate of drug-likeness (QED) is 0.791. The molecule has 1 fully saturated rings. The van der Waals surface area contributed by atoms with Gasteiger partial charge in [0, 0.05) is 31.5 Å². The smallest absolute Gasteiger partial charge is 0.242 e. The van der Waals surface area contributed by atoms with Crippen LogP contribution in [-0.2, 0) is 16.1 Å². The van der Waals surface area contributed by atoms with E-state index in [1.807, 2.05) is 4.90 Å². The number of halogens is 1. The van der Waals surface area contributed by atoms with Crippen LogP contribution in [0.15, 0.2) is 6.20 Å². The number of anilines is 1. The number of hydrogen-bond donors (Lipinski definition) is 0. The topological polar surface area (TPSA) is 58.6 Å². The molecule has 6 nitrogen and oxygen atoms in total. The molecule has 1 saturated carbocycles. The van der Waals surface area contributed by atoms with Crippen LogP contribution in [-0.4, -0.2) is 53.6 Å². The number of hydrogen-bond acceptors (Lipinski definition) is 5. The number of amides is 1. The number of methoxy groups -OCH3 is 1. The highest BCUT2D eigenvalue weighted by molar-refractivity contribution is 6.28. The summed E-state index contributed by atoms with van der Waals surface area (Å²) in [7, 11) is 1.64. The highest BCUT2D eigenvalue weighted by atomic mass is 35.5. The summed E-state index contributed by atoms with van der Waals surface area (Å²) >= 11 is 5.99. The van der Waals surface area contributed by atoms with Crippen LogP contribution >= 0.6 is 11.6 Å². The predicted molar refractivity (Wildman–Crippen MR) is 83.9 cm³/mol. The lowest BCUT2D eigenvalue weighted by molar-refractivity contribution is -0.130. The van der Waals surface area contributed by atoms with Gasteiger partial charge in [-0.3, -0.25) is 4.79 Å². The first kappa shape index (κ1) is 15.5. The van der Waals surface area contributed by atoms with Crippen molar-refractivity contribution in [3.8, 4) is 0 Å².